The van der Waals surface area contributed by atoms with Crippen LogP contribution < -0.4 is 4.90 Å². The van der Waals surface area contributed by atoms with Crippen LogP contribution >= 0.6 is 11.3 Å². The molecule has 2 aromatic heterocycles. The highest BCUT2D eigenvalue weighted by Gasteiger charge is 2.21. The Morgan fingerprint density at radius 1 is 0.333 bits per heavy atom. The predicted molar refractivity (Wildman–Crippen MR) is 245 cm³/mol. The van der Waals surface area contributed by atoms with E-state index in [1.807, 2.05) is 11.3 Å². The molecule has 3 heteroatoms. The minimum Gasteiger partial charge on any atom is -0.310 e. The van der Waals surface area contributed by atoms with Gasteiger partial charge in [-0.3, -0.25) is 0 Å². The second kappa shape index (κ2) is 13.8. The van der Waals surface area contributed by atoms with Crippen molar-refractivity contribution in [2.75, 3.05) is 4.90 Å². The van der Waals surface area contributed by atoms with Crippen LogP contribution in [0.1, 0.15) is 0 Å². The highest BCUT2D eigenvalue weighted by atomic mass is 32.1. The van der Waals surface area contributed by atoms with Gasteiger partial charge in [-0.1, -0.05) is 146 Å². The topological polar surface area (TPSA) is 8.17 Å². The summed E-state index contributed by atoms with van der Waals surface area (Å²) >= 11 is 1.86. The van der Waals surface area contributed by atoms with Crippen molar-refractivity contribution in [3.63, 3.8) is 0 Å². The second-order valence-electron chi connectivity index (χ2n) is 14.5. The molecule has 11 aromatic rings. The van der Waals surface area contributed by atoms with Gasteiger partial charge in [-0.05, 0) is 101 Å². The molecule has 0 saturated carbocycles. The van der Waals surface area contributed by atoms with E-state index >= 15 is 0 Å². The SMILES string of the molecule is c1ccc(-c2ccc(N(c3ccc4c(c3)c3ccccc3n4-c3ccc(-c4ccccc4)cc3)c3ccccc3-c3ccc4sc5ccccc5c4c3)cc2)cc1. The minimum atomic E-state index is 1.10. The molecule has 0 bridgehead atoms. The lowest BCUT2D eigenvalue weighted by Crippen LogP contribution is -2.11. The number of nitrogens with zero attached hydrogens (tertiary/aromatic N) is 2. The number of aromatic nitrogens is 1. The second-order valence-corrected chi connectivity index (χ2v) is 15.6. The van der Waals surface area contributed by atoms with Crippen molar-refractivity contribution in [2.45, 2.75) is 0 Å². The van der Waals surface area contributed by atoms with Gasteiger partial charge in [0.05, 0.1) is 16.7 Å². The Balaban J connectivity index is 1.09. The van der Waals surface area contributed by atoms with Gasteiger partial charge in [-0.2, -0.15) is 0 Å². The number of para-hydroxylation sites is 2. The number of benzene rings is 9. The lowest BCUT2D eigenvalue weighted by atomic mass is 9.99. The molecule has 2 heterocycles. The molecule has 0 aliphatic rings. The lowest BCUT2D eigenvalue weighted by Gasteiger charge is -2.28. The van der Waals surface area contributed by atoms with Crippen LogP contribution in [0.3, 0.4) is 0 Å². The zero-order chi connectivity index (χ0) is 37.7. The van der Waals surface area contributed by atoms with Crippen LogP contribution in [0.2, 0.25) is 0 Å². The van der Waals surface area contributed by atoms with E-state index in [1.54, 1.807) is 0 Å². The van der Waals surface area contributed by atoms with Crippen LogP contribution in [0.4, 0.5) is 17.1 Å². The number of thiophene rings is 1. The van der Waals surface area contributed by atoms with Crippen LogP contribution in [0.5, 0.6) is 0 Å². The van der Waals surface area contributed by atoms with Crippen molar-refractivity contribution >= 4 is 70.4 Å². The summed E-state index contributed by atoms with van der Waals surface area (Å²) in [5, 5.41) is 5.04. The Hall–Kier alpha value is -7.20. The van der Waals surface area contributed by atoms with E-state index < -0.39 is 0 Å². The Morgan fingerprint density at radius 2 is 0.877 bits per heavy atom. The lowest BCUT2D eigenvalue weighted by molar-refractivity contribution is 1.18. The van der Waals surface area contributed by atoms with E-state index in [4.69, 9.17) is 0 Å². The summed E-state index contributed by atoms with van der Waals surface area (Å²) in [6, 6.07) is 79.4. The molecule has 0 atom stereocenters. The molecular formula is C54H36N2S. The highest BCUT2D eigenvalue weighted by Crippen LogP contribution is 2.45. The Morgan fingerprint density at radius 3 is 1.63 bits per heavy atom. The van der Waals surface area contributed by atoms with Gasteiger partial charge in [-0.25, -0.2) is 0 Å². The number of anilines is 3. The number of rotatable bonds is 7. The number of hydrogen-bond acceptors (Lipinski definition) is 2. The number of fused-ring (bicyclic) bond motifs is 6. The van der Waals surface area contributed by atoms with Crippen molar-refractivity contribution in [1.82, 2.24) is 4.57 Å². The molecule has 0 amide bonds. The summed E-state index contributed by atoms with van der Waals surface area (Å²) in [7, 11) is 0. The smallest absolute Gasteiger partial charge is 0.0542 e. The summed E-state index contributed by atoms with van der Waals surface area (Å²) in [5.74, 6) is 0. The average Bonchev–Trinajstić information content (AvgIpc) is 3.83. The molecule has 0 aliphatic carbocycles. The van der Waals surface area contributed by atoms with Crippen molar-refractivity contribution in [3.8, 4) is 39.1 Å². The van der Waals surface area contributed by atoms with Gasteiger partial charge in [0.25, 0.3) is 0 Å². The first kappa shape index (κ1) is 33.2. The van der Waals surface area contributed by atoms with E-state index in [-0.39, 0.29) is 0 Å². The molecule has 268 valence electrons. The summed E-state index contributed by atoms with van der Waals surface area (Å²) in [6.45, 7) is 0. The minimum absolute atomic E-state index is 1.10. The van der Waals surface area contributed by atoms with Crippen LogP contribution in [0.25, 0.3) is 81.0 Å². The summed E-state index contributed by atoms with van der Waals surface area (Å²) < 4.78 is 5.02. The van der Waals surface area contributed by atoms with Gasteiger partial charge >= 0.3 is 0 Å². The van der Waals surface area contributed by atoms with Crippen molar-refractivity contribution in [3.05, 3.63) is 218 Å². The third-order valence-electron chi connectivity index (χ3n) is 11.2. The highest BCUT2D eigenvalue weighted by molar-refractivity contribution is 7.25. The Labute approximate surface area is 335 Å². The molecule has 0 N–H and O–H groups in total. The van der Waals surface area contributed by atoms with Crippen molar-refractivity contribution in [2.24, 2.45) is 0 Å². The van der Waals surface area contributed by atoms with E-state index in [9.17, 15) is 0 Å². The molecular weight excluding hydrogens is 709 g/mol. The van der Waals surface area contributed by atoms with E-state index in [1.165, 1.54) is 75.4 Å². The van der Waals surface area contributed by atoms with Crippen molar-refractivity contribution in [1.29, 1.82) is 0 Å². The maximum Gasteiger partial charge on any atom is 0.0542 e. The zero-order valence-corrected chi connectivity index (χ0v) is 31.9. The maximum atomic E-state index is 2.43. The molecule has 0 aliphatic heterocycles. The van der Waals surface area contributed by atoms with E-state index in [0.29, 0.717) is 0 Å². The van der Waals surface area contributed by atoms with E-state index in [2.05, 4.69) is 228 Å². The first-order valence-corrected chi connectivity index (χ1v) is 20.2. The molecule has 9 aromatic carbocycles. The summed E-state index contributed by atoms with van der Waals surface area (Å²) in [6.07, 6.45) is 0. The van der Waals surface area contributed by atoms with Gasteiger partial charge < -0.3 is 9.47 Å². The van der Waals surface area contributed by atoms with Crippen LogP contribution in [-0.4, -0.2) is 4.57 Å². The standard InChI is InChI=1S/C54H36N2S/c1-3-13-37(14-4-1)39-23-28-42(29-24-39)55(50-20-10-7-17-45(50)41-27-34-54-49(35-41)47-19-9-12-22-53(47)57-54)44-32-33-52-48(36-44)46-18-8-11-21-51(46)56(52)43-30-25-40(26-31-43)38-15-5-2-6-16-38/h1-36H. The van der Waals surface area contributed by atoms with Gasteiger partial charge in [0.15, 0.2) is 0 Å². The quantitative estimate of drug-likeness (QED) is 0.158. The first-order valence-electron chi connectivity index (χ1n) is 19.4. The Bertz CT molecular complexity index is 3210. The van der Waals surface area contributed by atoms with Gasteiger partial charge in [0.1, 0.15) is 0 Å². The fraction of sp³-hybridized carbons (Fsp3) is 0. The van der Waals surface area contributed by atoms with Crippen LogP contribution in [0.15, 0.2) is 218 Å². The summed E-state index contributed by atoms with van der Waals surface area (Å²) in [5.41, 5.74) is 14.0. The monoisotopic (exact) mass is 744 g/mol. The normalized spacial score (nSPS) is 11.5. The van der Waals surface area contributed by atoms with Gasteiger partial charge in [-0.15, -0.1) is 11.3 Å². The fourth-order valence-corrected chi connectivity index (χ4v) is 9.57. The third-order valence-corrected chi connectivity index (χ3v) is 12.4. The summed E-state index contributed by atoms with van der Waals surface area (Å²) in [4.78, 5) is 2.43. The fourth-order valence-electron chi connectivity index (χ4n) is 8.48. The van der Waals surface area contributed by atoms with Crippen LogP contribution in [-0.2, 0) is 0 Å². The first-order chi connectivity index (χ1) is 28.3. The van der Waals surface area contributed by atoms with Gasteiger partial charge in [0.2, 0.25) is 0 Å². The molecule has 11 rings (SSSR count). The average molecular weight is 745 g/mol. The van der Waals surface area contributed by atoms with Crippen molar-refractivity contribution < 1.29 is 0 Å². The molecule has 57 heavy (non-hydrogen) atoms. The Kier molecular flexibility index (Phi) is 8.04. The molecule has 2 nitrogen and oxygen atoms in total. The zero-order valence-electron chi connectivity index (χ0n) is 31.1. The molecule has 0 unspecified atom stereocenters. The number of hydrogen-bond donors (Lipinski definition) is 0. The largest absolute Gasteiger partial charge is 0.310 e. The molecule has 0 fully saturated rings. The third kappa shape index (κ3) is 5.80. The maximum absolute atomic E-state index is 2.43. The molecule has 0 spiro atoms. The predicted octanol–water partition coefficient (Wildman–Crippen LogP) is 15.6. The molecule has 0 radical (unpaired) electrons. The molecule has 0 saturated heterocycles. The van der Waals surface area contributed by atoms with Crippen LogP contribution in [0, 0.1) is 0 Å². The van der Waals surface area contributed by atoms with E-state index in [0.717, 1.165) is 22.7 Å². The van der Waals surface area contributed by atoms with Gasteiger partial charge in [0, 0.05) is 53.6 Å².